The topological polar surface area (TPSA) is 0 Å². The Morgan fingerprint density at radius 1 is 0.417 bits per heavy atom. The summed E-state index contributed by atoms with van der Waals surface area (Å²) >= 11 is 0. The molecule has 0 N–H and O–H groups in total. The van der Waals surface area contributed by atoms with Crippen LogP contribution in [0.4, 0.5) is 0 Å². The van der Waals surface area contributed by atoms with E-state index in [0.717, 1.165) is 23.7 Å². The average molecular weight is 339 g/mol. The Morgan fingerprint density at radius 3 is 1.42 bits per heavy atom. The fourth-order valence-electron chi connectivity index (χ4n) is 4.16. The van der Waals surface area contributed by atoms with Crippen molar-refractivity contribution in [3.8, 4) is 0 Å². The Kier molecular flexibility index (Phi) is 16.5. The maximum atomic E-state index is 2.48. The standard InChI is InChI=1S/C24H50/c1-7-9-15-23(5)20-24(6)19-18-22(4)17-13-11-10-12-16-21(3)14-8-2/h21-24H,7-20H2,1-6H3. The van der Waals surface area contributed by atoms with Gasteiger partial charge in [-0.05, 0) is 30.1 Å². The Labute approximate surface area is 155 Å². The fraction of sp³-hybridized carbons (Fsp3) is 1.00. The summed E-state index contributed by atoms with van der Waals surface area (Å²) in [6, 6.07) is 0. The van der Waals surface area contributed by atoms with E-state index in [4.69, 9.17) is 0 Å². The molecule has 0 aromatic heterocycles. The molecule has 0 aromatic rings. The predicted octanol–water partition coefficient (Wildman–Crippen LogP) is 9.03. The second-order valence-electron chi connectivity index (χ2n) is 9.16. The first-order valence-corrected chi connectivity index (χ1v) is 11.5. The van der Waals surface area contributed by atoms with Crippen molar-refractivity contribution in [2.75, 3.05) is 0 Å². The number of unbranched alkanes of at least 4 members (excludes halogenated alkanes) is 4. The van der Waals surface area contributed by atoms with Gasteiger partial charge in [0.05, 0.1) is 0 Å². The summed E-state index contributed by atoms with van der Waals surface area (Å²) in [6.45, 7) is 14.5. The summed E-state index contributed by atoms with van der Waals surface area (Å²) in [7, 11) is 0. The second kappa shape index (κ2) is 16.5. The molecule has 4 atom stereocenters. The molecular formula is C24H50. The zero-order valence-electron chi connectivity index (χ0n) is 18.2. The first-order valence-electron chi connectivity index (χ1n) is 11.5. The molecule has 0 heterocycles. The van der Waals surface area contributed by atoms with Crippen molar-refractivity contribution in [1.82, 2.24) is 0 Å². The molecular weight excluding hydrogens is 288 g/mol. The minimum absolute atomic E-state index is 0.930. The average Bonchev–Trinajstić information content (AvgIpc) is 2.54. The molecule has 0 aromatic carbocycles. The van der Waals surface area contributed by atoms with Gasteiger partial charge < -0.3 is 0 Å². The highest BCUT2D eigenvalue weighted by molar-refractivity contribution is 4.63. The van der Waals surface area contributed by atoms with Crippen molar-refractivity contribution in [3.05, 3.63) is 0 Å². The van der Waals surface area contributed by atoms with Crippen LogP contribution in [0.15, 0.2) is 0 Å². The SMILES string of the molecule is CCCCC(C)CC(C)CCC(C)CCCCCCC(C)CCC. The van der Waals surface area contributed by atoms with Crippen molar-refractivity contribution in [3.63, 3.8) is 0 Å². The summed E-state index contributed by atoms with van der Waals surface area (Å²) in [4.78, 5) is 0. The van der Waals surface area contributed by atoms with Crippen molar-refractivity contribution in [2.45, 2.75) is 131 Å². The maximum Gasteiger partial charge on any atom is -0.0440 e. The van der Waals surface area contributed by atoms with Crippen molar-refractivity contribution in [1.29, 1.82) is 0 Å². The molecule has 0 aliphatic carbocycles. The van der Waals surface area contributed by atoms with Gasteiger partial charge in [-0.15, -0.1) is 0 Å². The van der Waals surface area contributed by atoms with Gasteiger partial charge in [0.15, 0.2) is 0 Å². The molecule has 0 aliphatic rings. The van der Waals surface area contributed by atoms with Gasteiger partial charge in [0.2, 0.25) is 0 Å². The smallest absolute Gasteiger partial charge is 0.0440 e. The highest BCUT2D eigenvalue weighted by Crippen LogP contribution is 2.24. The van der Waals surface area contributed by atoms with Crippen molar-refractivity contribution >= 4 is 0 Å². The van der Waals surface area contributed by atoms with Crippen LogP contribution < -0.4 is 0 Å². The number of hydrogen-bond acceptors (Lipinski definition) is 0. The lowest BCUT2D eigenvalue weighted by Gasteiger charge is -2.19. The van der Waals surface area contributed by atoms with Crippen LogP contribution in [0.2, 0.25) is 0 Å². The molecule has 0 saturated carbocycles. The highest BCUT2D eigenvalue weighted by atomic mass is 14.2. The fourth-order valence-corrected chi connectivity index (χ4v) is 4.16. The third-order valence-corrected chi connectivity index (χ3v) is 5.93. The molecule has 0 aliphatic heterocycles. The lowest BCUT2D eigenvalue weighted by molar-refractivity contribution is 0.335. The highest BCUT2D eigenvalue weighted by Gasteiger charge is 2.10. The minimum Gasteiger partial charge on any atom is -0.0654 e. The normalized spacial score (nSPS) is 16.8. The molecule has 0 nitrogen and oxygen atoms in total. The van der Waals surface area contributed by atoms with Crippen LogP contribution in [-0.4, -0.2) is 0 Å². The minimum atomic E-state index is 0.930. The number of rotatable bonds is 17. The van der Waals surface area contributed by atoms with Gasteiger partial charge in [0.25, 0.3) is 0 Å². The zero-order valence-corrected chi connectivity index (χ0v) is 18.2. The van der Waals surface area contributed by atoms with Crippen LogP contribution in [0.3, 0.4) is 0 Å². The third-order valence-electron chi connectivity index (χ3n) is 5.93. The molecule has 0 rings (SSSR count). The zero-order chi connectivity index (χ0) is 18.2. The van der Waals surface area contributed by atoms with Gasteiger partial charge >= 0.3 is 0 Å². The summed E-state index contributed by atoms with van der Waals surface area (Å²) in [6.07, 6.45) is 20.1. The van der Waals surface area contributed by atoms with Gasteiger partial charge in [0, 0.05) is 0 Å². The van der Waals surface area contributed by atoms with Gasteiger partial charge in [-0.1, -0.05) is 125 Å². The summed E-state index contributed by atoms with van der Waals surface area (Å²) < 4.78 is 0. The lowest BCUT2D eigenvalue weighted by Crippen LogP contribution is -2.06. The molecule has 0 radical (unpaired) electrons. The third kappa shape index (κ3) is 15.5. The summed E-state index contributed by atoms with van der Waals surface area (Å²) in [5, 5.41) is 0. The Bertz CT molecular complexity index is 244. The number of hydrogen-bond donors (Lipinski definition) is 0. The van der Waals surface area contributed by atoms with E-state index in [2.05, 4.69) is 41.5 Å². The monoisotopic (exact) mass is 338 g/mol. The van der Waals surface area contributed by atoms with E-state index in [-0.39, 0.29) is 0 Å². The quantitative estimate of drug-likeness (QED) is 0.232. The van der Waals surface area contributed by atoms with Gasteiger partial charge in [0.1, 0.15) is 0 Å². The molecule has 0 amide bonds. The van der Waals surface area contributed by atoms with E-state index in [1.54, 1.807) is 0 Å². The molecule has 0 heteroatoms. The van der Waals surface area contributed by atoms with Gasteiger partial charge in [-0.3, -0.25) is 0 Å². The first kappa shape index (κ1) is 24.0. The summed E-state index contributed by atoms with van der Waals surface area (Å²) in [5.41, 5.74) is 0. The molecule has 0 saturated heterocycles. The van der Waals surface area contributed by atoms with Crippen molar-refractivity contribution < 1.29 is 0 Å². The van der Waals surface area contributed by atoms with Crippen LogP contribution >= 0.6 is 0 Å². The van der Waals surface area contributed by atoms with Crippen LogP contribution in [-0.2, 0) is 0 Å². The van der Waals surface area contributed by atoms with Gasteiger partial charge in [-0.2, -0.15) is 0 Å². The van der Waals surface area contributed by atoms with E-state index < -0.39 is 0 Å². The Balaban J connectivity index is 3.50. The Morgan fingerprint density at radius 2 is 0.875 bits per heavy atom. The largest absolute Gasteiger partial charge is 0.0654 e. The maximum absolute atomic E-state index is 2.48. The van der Waals surface area contributed by atoms with E-state index in [1.165, 1.54) is 89.9 Å². The second-order valence-corrected chi connectivity index (χ2v) is 9.16. The molecule has 24 heavy (non-hydrogen) atoms. The van der Waals surface area contributed by atoms with Crippen LogP contribution in [0.1, 0.15) is 131 Å². The van der Waals surface area contributed by atoms with Crippen LogP contribution in [0.25, 0.3) is 0 Å². The van der Waals surface area contributed by atoms with E-state index in [1.807, 2.05) is 0 Å². The van der Waals surface area contributed by atoms with Crippen LogP contribution in [0, 0.1) is 23.7 Å². The van der Waals surface area contributed by atoms with E-state index in [9.17, 15) is 0 Å². The molecule has 146 valence electrons. The van der Waals surface area contributed by atoms with Gasteiger partial charge in [-0.25, -0.2) is 0 Å². The molecule has 4 unspecified atom stereocenters. The molecule has 0 fully saturated rings. The predicted molar refractivity (Wildman–Crippen MR) is 113 cm³/mol. The molecule has 0 spiro atoms. The molecule has 0 bridgehead atoms. The Hall–Kier alpha value is 0. The summed E-state index contributed by atoms with van der Waals surface area (Å²) in [5.74, 6) is 3.76. The van der Waals surface area contributed by atoms with E-state index >= 15 is 0 Å². The van der Waals surface area contributed by atoms with Crippen molar-refractivity contribution in [2.24, 2.45) is 23.7 Å². The van der Waals surface area contributed by atoms with Crippen LogP contribution in [0.5, 0.6) is 0 Å². The lowest BCUT2D eigenvalue weighted by atomic mass is 9.87. The van der Waals surface area contributed by atoms with E-state index in [0.29, 0.717) is 0 Å². The first-order chi connectivity index (χ1) is 11.5.